The maximum atomic E-state index is 9.67. The maximum absolute atomic E-state index is 9.67. The molecule has 2 heterocycles. The van der Waals surface area contributed by atoms with Gasteiger partial charge in [0.1, 0.15) is 11.2 Å². The van der Waals surface area contributed by atoms with Crippen LogP contribution in [0.4, 0.5) is 17.1 Å². The Bertz CT molecular complexity index is 4010. The molecule has 0 unspecified atom stereocenters. The fraction of sp³-hybridized carbons (Fsp3) is 0. The summed E-state index contributed by atoms with van der Waals surface area (Å²) in [4.78, 5) is 1.03. The van der Waals surface area contributed by atoms with Crippen LogP contribution < -0.4 is 4.90 Å². The SMILES string of the molecule is [2H]c1c([2H])c([2H])c(-c2c([2H])c([2H])c(N(c3c([2H])c([2H])c(-c4c([2H])c([2H])c([2H])c([2H])c4[2H])c([2H])c3[2H])c3ccc(-c4cccc(-n5c6ccccc6c6ccccc65)c4)c4oc5ccccc5c34)c([2H])c2[2H])c([2H])c1[2H]. The Balaban J connectivity index is 1.23. The van der Waals surface area contributed by atoms with Crippen LogP contribution in [-0.2, 0) is 0 Å². The predicted octanol–water partition coefficient (Wildman–Crippen LogP) is 15.2. The van der Waals surface area contributed by atoms with E-state index in [1.807, 2.05) is 60.7 Å². The fourth-order valence-corrected chi connectivity index (χ4v) is 7.43. The summed E-state index contributed by atoms with van der Waals surface area (Å²) in [5, 5.41) is 2.82. The first-order valence-electron chi connectivity index (χ1n) is 27.0. The summed E-state index contributed by atoms with van der Waals surface area (Å²) in [5.41, 5.74) is 0.747. The minimum Gasteiger partial charge on any atom is -0.455 e. The number of furan rings is 1. The molecule has 268 valence electrons. The number of hydrogen-bond donors (Lipinski definition) is 0. The lowest BCUT2D eigenvalue weighted by molar-refractivity contribution is 0.670. The highest BCUT2D eigenvalue weighted by atomic mass is 16.3. The van der Waals surface area contributed by atoms with E-state index in [2.05, 4.69) is 16.7 Å². The Morgan fingerprint density at radius 1 is 0.439 bits per heavy atom. The number of fused-ring (bicyclic) bond motifs is 6. The van der Waals surface area contributed by atoms with E-state index in [4.69, 9.17) is 18.1 Å². The Labute approximate surface area is 356 Å². The van der Waals surface area contributed by atoms with E-state index in [-0.39, 0.29) is 16.7 Å². The lowest BCUT2D eigenvalue weighted by Gasteiger charge is -2.27. The second kappa shape index (κ2) is 13.6. The van der Waals surface area contributed by atoms with Crippen LogP contribution >= 0.6 is 0 Å². The number of aromatic nitrogens is 1. The molecule has 9 aromatic carbocycles. The van der Waals surface area contributed by atoms with Crippen LogP contribution in [0.15, 0.2) is 222 Å². The van der Waals surface area contributed by atoms with Gasteiger partial charge in [0.25, 0.3) is 0 Å². The van der Waals surface area contributed by atoms with E-state index < -0.39 is 142 Å². The van der Waals surface area contributed by atoms with E-state index in [1.54, 1.807) is 36.4 Å². The smallest absolute Gasteiger partial charge is 0.145 e. The van der Waals surface area contributed by atoms with Gasteiger partial charge < -0.3 is 13.9 Å². The molecular weight excluding hydrogens is 693 g/mol. The van der Waals surface area contributed by atoms with E-state index >= 15 is 0 Å². The summed E-state index contributed by atoms with van der Waals surface area (Å²) < 4.78 is 170. The molecule has 2 aromatic heterocycles. The molecular formula is C54H36N2O. The molecule has 3 heteroatoms. The lowest BCUT2D eigenvalue weighted by Crippen LogP contribution is -2.10. The van der Waals surface area contributed by atoms with Crippen molar-refractivity contribution in [3.8, 4) is 39.1 Å². The molecule has 0 aliphatic rings. The van der Waals surface area contributed by atoms with Crippen molar-refractivity contribution < 1.29 is 29.1 Å². The van der Waals surface area contributed by atoms with Gasteiger partial charge in [-0.25, -0.2) is 0 Å². The van der Waals surface area contributed by atoms with Gasteiger partial charge >= 0.3 is 0 Å². The van der Waals surface area contributed by atoms with Crippen LogP contribution in [0.25, 0.3) is 82.8 Å². The lowest BCUT2D eigenvalue weighted by atomic mass is 9.98. The highest BCUT2D eigenvalue weighted by Gasteiger charge is 2.23. The van der Waals surface area contributed by atoms with Crippen LogP contribution in [-0.4, -0.2) is 4.57 Å². The van der Waals surface area contributed by atoms with Crippen molar-refractivity contribution >= 4 is 60.8 Å². The normalized spacial score (nSPS) is 15.9. The molecule has 0 radical (unpaired) electrons. The van der Waals surface area contributed by atoms with Gasteiger partial charge in [-0.3, -0.25) is 0 Å². The Morgan fingerprint density at radius 2 is 0.965 bits per heavy atom. The van der Waals surface area contributed by atoms with Gasteiger partial charge in [-0.2, -0.15) is 0 Å². The average Bonchev–Trinajstić information content (AvgIpc) is 3.99. The number of hydrogen-bond acceptors (Lipinski definition) is 2. The maximum Gasteiger partial charge on any atom is 0.145 e. The summed E-state index contributed by atoms with van der Waals surface area (Å²) in [5.74, 6) is 0. The summed E-state index contributed by atoms with van der Waals surface area (Å²) in [6, 6.07) is 19.2. The Morgan fingerprint density at radius 3 is 1.56 bits per heavy atom. The highest BCUT2D eigenvalue weighted by molar-refractivity contribution is 6.17. The first kappa shape index (κ1) is 19.3. The molecule has 0 bridgehead atoms. The van der Waals surface area contributed by atoms with Crippen molar-refractivity contribution in [2.45, 2.75) is 0 Å². The van der Waals surface area contributed by atoms with E-state index in [9.17, 15) is 11.0 Å². The van der Waals surface area contributed by atoms with Crippen molar-refractivity contribution in [2.24, 2.45) is 0 Å². The molecule has 0 saturated heterocycles. The van der Waals surface area contributed by atoms with E-state index in [1.165, 1.54) is 0 Å². The second-order valence-electron chi connectivity index (χ2n) is 13.1. The van der Waals surface area contributed by atoms with Gasteiger partial charge in [0.2, 0.25) is 0 Å². The third-order valence-corrected chi connectivity index (χ3v) is 9.91. The quantitative estimate of drug-likeness (QED) is 0.162. The van der Waals surface area contributed by atoms with Crippen LogP contribution in [0.1, 0.15) is 24.7 Å². The summed E-state index contributed by atoms with van der Waals surface area (Å²) >= 11 is 0. The molecule has 0 amide bonds. The van der Waals surface area contributed by atoms with Gasteiger partial charge in [-0.05, 0) is 94.5 Å². The molecule has 0 aliphatic heterocycles. The van der Waals surface area contributed by atoms with Crippen LogP contribution in [0, 0.1) is 0 Å². The first-order valence-corrected chi connectivity index (χ1v) is 18.0. The number of nitrogens with zero attached hydrogens (tertiary/aromatic N) is 2. The summed E-state index contributed by atoms with van der Waals surface area (Å²) in [6.07, 6.45) is 0. The molecule has 11 rings (SSSR count). The molecule has 57 heavy (non-hydrogen) atoms. The minimum atomic E-state index is -0.868. The summed E-state index contributed by atoms with van der Waals surface area (Å²) in [6.45, 7) is 0. The standard InChI is InChI=1S/C54H36N2O/c1-3-14-37(15-4-1)39-26-30-42(31-27-39)55(43-32-28-40(29-33-43)38-16-5-2-6-17-38)51-35-34-45(54-53(51)48-22-9-12-25-52(48)57-54)41-18-13-19-44(36-41)56-49-23-10-7-20-46(49)47-21-8-11-24-50(47)56/h1-36H/i1D,2D,3D,4D,5D,6D,14D,15D,16D,17D,26D,27D,28D,29D,30D,31D,32D,33D. The number of anilines is 3. The molecule has 0 spiro atoms. The topological polar surface area (TPSA) is 21.3 Å². The second-order valence-corrected chi connectivity index (χ2v) is 13.1. The van der Waals surface area contributed by atoms with Crippen molar-refractivity contribution in [3.05, 3.63) is 218 Å². The monoisotopic (exact) mass is 746 g/mol. The molecule has 0 saturated carbocycles. The molecule has 0 fully saturated rings. The number of para-hydroxylation sites is 3. The summed E-state index contributed by atoms with van der Waals surface area (Å²) in [7, 11) is 0. The average molecular weight is 747 g/mol. The number of rotatable bonds is 7. The van der Waals surface area contributed by atoms with Crippen molar-refractivity contribution in [1.82, 2.24) is 4.57 Å². The van der Waals surface area contributed by atoms with Crippen molar-refractivity contribution in [3.63, 3.8) is 0 Å². The zero-order valence-electron chi connectivity index (χ0n) is 47.7. The van der Waals surface area contributed by atoms with Crippen molar-refractivity contribution in [1.29, 1.82) is 0 Å². The largest absolute Gasteiger partial charge is 0.455 e. The Kier molecular flexibility index (Phi) is 4.60. The fourth-order valence-electron chi connectivity index (χ4n) is 7.43. The van der Waals surface area contributed by atoms with Gasteiger partial charge in [-0.1, -0.05) is 151 Å². The third kappa shape index (κ3) is 5.60. The van der Waals surface area contributed by atoms with Crippen molar-refractivity contribution in [2.75, 3.05) is 4.90 Å². The highest BCUT2D eigenvalue weighted by Crippen LogP contribution is 2.47. The molecule has 0 aliphatic carbocycles. The predicted molar refractivity (Wildman–Crippen MR) is 239 cm³/mol. The van der Waals surface area contributed by atoms with Crippen LogP contribution in [0.5, 0.6) is 0 Å². The third-order valence-electron chi connectivity index (χ3n) is 9.91. The first-order chi connectivity index (χ1) is 35.8. The molecule has 0 atom stereocenters. The number of benzene rings is 9. The zero-order valence-corrected chi connectivity index (χ0v) is 29.7. The van der Waals surface area contributed by atoms with Gasteiger partial charge in [0, 0.05) is 38.8 Å². The molecule has 3 nitrogen and oxygen atoms in total. The van der Waals surface area contributed by atoms with Gasteiger partial charge in [0.15, 0.2) is 0 Å². The molecule has 0 N–H and O–H groups in total. The van der Waals surface area contributed by atoms with E-state index in [0.29, 0.717) is 22.1 Å². The van der Waals surface area contributed by atoms with E-state index in [0.717, 1.165) is 32.4 Å². The Hall–Kier alpha value is -7.62. The zero-order chi connectivity index (χ0) is 53.4. The van der Waals surface area contributed by atoms with Crippen LogP contribution in [0.2, 0.25) is 0 Å². The van der Waals surface area contributed by atoms with Gasteiger partial charge in [0.05, 0.1) is 46.8 Å². The molecule has 11 aromatic rings. The van der Waals surface area contributed by atoms with Gasteiger partial charge in [-0.15, -0.1) is 0 Å². The minimum absolute atomic E-state index is 0.0232. The van der Waals surface area contributed by atoms with Crippen LogP contribution in [0.3, 0.4) is 0 Å².